The minimum atomic E-state index is -1.06. The molecule has 1 saturated heterocycles. The van der Waals surface area contributed by atoms with Crippen molar-refractivity contribution in [1.82, 2.24) is 10.2 Å². The van der Waals surface area contributed by atoms with Crippen molar-refractivity contribution in [2.75, 3.05) is 33.4 Å². The highest BCUT2D eigenvalue weighted by Crippen LogP contribution is 2.18. The van der Waals surface area contributed by atoms with Crippen LogP contribution in [0.3, 0.4) is 0 Å². The lowest BCUT2D eigenvalue weighted by molar-refractivity contribution is -0.145. The Morgan fingerprint density at radius 3 is 2.79 bits per heavy atom. The van der Waals surface area contributed by atoms with Gasteiger partial charge in [0.05, 0.1) is 13.7 Å². The summed E-state index contributed by atoms with van der Waals surface area (Å²) in [6, 6.07) is -0.906. The number of carbonyl (C=O) groups is 3. The zero-order valence-corrected chi connectivity index (χ0v) is 10.8. The lowest BCUT2D eigenvalue weighted by Crippen LogP contribution is -2.47. The summed E-state index contributed by atoms with van der Waals surface area (Å²) < 4.78 is 9.41. The largest absolute Gasteiger partial charge is 0.480 e. The van der Waals surface area contributed by atoms with Gasteiger partial charge in [0.25, 0.3) is 0 Å². The predicted molar refractivity (Wildman–Crippen MR) is 63.6 cm³/mol. The number of urea groups is 1. The Bertz CT molecular complexity index is 346. The van der Waals surface area contributed by atoms with E-state index in [0.717, 1.165) is 6.42 Å². The molecule has 0 aliphatic carbocycles. The standard InChI is InChI=1S/C11H18N2O6/c1-18-10(16)8-3-2-5-13(8)11(17)12-4-6-19-7-9(14)15/h8H,2-7H2,1H3,(H,12,17)(H,14,15). The van der Waals surface area contributed by atoms with Crippen LogP contribution >= 0.6 is 0 Å². The third-order valence-corrected chi connectivity index (χ3v) is 2.74. The molecule has 8 nitrogen and oxygen atoms in total. The van der Waals surface area contributed by atoms with Gasteiger partial charge in [0, 0.05) is 13.1 Å². The minimum absolute atomic E-state index is 0.106. The van der Waals surface area contributed by atoms with Crippen molar-refractivity contribution in [1.29, 1.82) is 0 Å². The maximum atomic E-state index is 11.8. The Labute approximate surface area is 110 Å². The summed E-state index contributed by atoms with van der Waals surface area (Å²) in [4.78, 5) is 34.9. The first kappa shape index (κ1) is 15.2. The molecule has 108 valence electrons. The van der Waals surface area contributed by atoms with Crippen LogP contribution in [0.1, 0.15) is 12.8 Å². The van der Waals surface area contributed by atoms with E-state index in [4.69, 9.17) is 9.84 Å². The molecule has 19 heavy (non-hydrogen) atoms. The van der Waals surface area contributed by atoms with Crippen molar-refractivity contribution in [2.45, 2.75) is 18.9 Å². The van der Waals surface area contributed by atoms with Gasteiger partial charge in [0.15, 0.2) is 0 Å². The molecule has 1 heterocycles. The van der Waals surface area contributed by atoms with E-state index < -0.39 is 24.6 Å². The van der Waals surface area contributed by atoms with Gasteiger partial charge in [-0.05, 0) is 12.8 Å². The van der Waals surface area contributed by atoms with Crippen LogP contribution in [0.4, 0.5) is 4.79 Å². The van der Waals surface area contributed by atoms with E-state index in [1.807, 2.05) is 0 Å². The second kappa shape index (κ2) is 7.57. The van der Waals surface area contributed by atoms with Crippen molar-refractivity contribution in [2.24, 2.45) is 0 Å². The zero-order chi connectivity index (χ0) is 14.3. The number of carbonyl (C=O) groups excluding carboxylic acids is 2. The number of hydrogen-bond donors (Lipinski definition) is 2. The smallest absolute Gasteiger partial charge is 0.329 e. The molecule has 1 unspecified atom stereocenters. The highest BCUT2D eigenvalue weighted by Gasteiger charge is 2.34. The molecule has 0 saturated carbocycles. The molecule has 1 aliphatic heterocycles. The van der Waals surface area contributed by atoms with E-state index in [2.05, 4.69) is 10.1 Å². The lowest BCUT2D eigenvalue weighted by Gasteiger charge is -2.22. The van der Waals surface area contributed by atoms with E-state index >= 15 is 0 Å². The van der Waals surface area contributed by atoms with Gasteiger partial charge >= 0.3 is 18.0 Å². The molecule has 1 fully saturated rings. The molecule has 0 aromatic rings. The Kier molecular flexibility index (Phi) is 6.07. The van der Waals surface area contributed by atoms with Crippen LogP contribution in [0.5, 0.6) is 0 Å². The summed E-state index contributed by atoms with van der Waals surface area (Å²) >= 11 is 0. The molecule has 0 radical (unpaired) electrons. The number of carboxylic acid groups (broad SMARTS) is 1. The predicted octanol–water partition coefficient (Wildman–Crippen LogP) is -0.565. The molecule has 0 aromatic heterocycles. The first-order valence-corrected chi connectivity index (χ1v) is 5.98. The summed E-state index contributed by atoms with van der Waals surface area (Å²) in [7, 11) is 1.29. The van der Waals surface area contributed by atoms with E-state index in [-0.39, 0.29) is 19.2 Å². The molecule has 8 heteroatoms. The third kappa shape index (κ3) is 4.74. The SMILES string of the molecule is COC(=O)C1CCCN1C(=O)NCCOCC(=O)O. The average molecular weight is 274 g/mol. The number of methoxy groups -OCH3 is 1. The number of nitrogens with one attached hydrogen (secondary N) is 1. The Balaban J connectivity index is 2.28. The maximum absolute atomic E-state index is 11.8. The molecule has 1 aliphatic rings. The molecule has 0 aromatic carbocycles. The lowest BCUT2D eigenvalue weighted by atomic mass is 10.2. The van der Waals surface area contributed by atoms with E-state index in [1.165, 1.54) is 12.0 Å². The number of rotatable bonds is 6. The van der Waals surface area contributed by atoms with Crippen molar-refractivity contribution in [3.8, 4) is 0 Å². The van der Waals surface area contributed by atoms with Crippen molar-refractivity contribution < 1.29 is 29.0 Å². The number of hydrogen-bond acceptors (Lipinski definition) is 5. The van der Waals surface area contributed by atoms with E-state index in [1.54, 1.807) is 0 Å². The number of esters is 1. The highest BCUT2D eigenvalue weighted by molar-refractivity contribution is 5.84. The maximum Gasteiger partial charge on any atom is 0.329 e. The monoisotopic (exact) mass is 274 g/mol. The zero-order valence-electron chi connectivity index (χ0n) is 10.8. The topological polar surface area (TPSA) is 105 Å². The Morgan fingerprint density at radius 2 is 2.16 bits per heavy atom. The summed E-state index contributed by atoms with van der Waals surface area (Å²) in [6.07, 6.45) is 1.35. The van der Waals surface area contributed by atoms with Gasteiger partial charge in [-0.25, -0.2) is 14.4 Å². The van der Waals surface area contributed by atoms with Crippen LogP contribution in [-0.4, -0.2) is 67.4 Å². The molecule has 1 rings (SSSR count). The molecule has 2 amide bonds. The summed E-state index contributed by atoms with van der Waals surface area (Å²) in [5.41, 5.74) is 0. The van der Waals surface area contributed by atoms with Gasteiger partial charge in [-0.15, -0.1) is 0 Å². The quantitative estimate of drug-likeness (QED) is 0.496. The molecule has 1 atom stereocenters. The molecule has 0 bridgehead atoms. The van der Waals surface area contributed by atoms with Gasteiger partial charge in [0.1, 0.15) is 12.6 Å². The molecule has 0 spiro atoms. The number of nitrogens with zero attached hydrogens (tertiary/aromatic N) is 1. The summed E-state index contributed by atoms with van der Waals surface area (Å²) in [5.74, 6) is -1.48. The fraction of sp³-hybridized carbons (Fsp3) is 0.727. The number of ether oxygens (including phenoxy) is 2. The molecular weight excluding hydrogens is 256 g/mol. The van der Waals surface area contributed by atoms with E-state index in [9.17, 15) is 14.4 Å². The fourth-order valence-electron chi connectivity index (χ4n) is 1.88. The first-order valence-electron chi connectivity index (χ1n) is 5.98. The van der Waals surface area contributed by atoms with Crippen molar-refractivity contribution in [3.05, 3.63) is 0 Å². The van der Waals surface area contributed by atoms with Gasteiger partial charge < -0.3 is 24.8 Å². The van der Waals surface area contributed by atoms with Crippen LogP contribution in [0.25, 0.3) is 0 Å². The molecular formula is C11H18N2O6. The van der Waals surface area contributed by atoms with Crippen LogP contribution in [0.2, 0.25) is 0 Å². The van der Waals surface area contributed by atoms with Crippen LogP contribution in [0.15, 0.2) is 0 Å². The van der Waals surface area contributed by atoms with Gasteiger partial charge in [-0.1, -0.05) is 0 Å². The van der Waals surface area contributed by atoms with Crippen LogP contribution in [-0.2, 0) is 19.1 Å². The second-order valence-corrected chi connectivity index (χ2v) is 4.05. The second-order valence-electron chi connectivity index (χ2n) is 4.05. The minimum Gasteiger partial charge on any atom is -0.480 e. The average Bonchev–Trinajstić information content (AvgIpc) is 2.86. The highest BCUT2D eigenvalue weighted by atomic mass is 16.5. The van der Waals surface area contributed by atoms with Gasteiger partial charge in [-0.2, -0.15) is 0 Å². The third-order valence-electron chi connectivity index (χ3n) is 2.74. The molecule has 2 N–H and O–H groups in total. The summed E-state index contributed by atoms with van der Waals surface area (Å²) in [5, 5.41) is 10.9. The fourth-order valence-corrected chi connectivity index (χ4v) is 1.88. The van der Waals surface area contributed by atoms with Crippen molar-refractivity contribution in [3.63, 3.8) is 0 Å². The number of aliphatic carboxylic acids is 1. The van der Waals surface area contributed by atoms with Crippen molar-refractivity contribution >= 4 is 18.0 Å². The number of amides is 2. The normalized spacial score (nSPS) is 18.2. The van der Waals surface area contributed by atoms with Crippen LogP contribution in [0, 0.1) is 0 Å². The Hall–Kier alpha value is -1.83. The van der Waals surface area contributed by atoms with Crippen LogP contribution < -0.4 is 5.32 Å². The number of carboxylic acids is 1. The summed E-state index contributed by atoms with van der Waals surface area (Å²) in [6.45, 7) is 0.400. The van der Waals surface area contributed by atoms with Gasteiger partial charge in [-0.3, -0.25) is 0 Å². The first-order chi connectivity index (χ1) is 9.06. The Morgan fingerprint density at radius 1 is 1.42 bits per heavy atom. The van der Waals surface area contributed by atoms with Gasteiger partial charge in [0.2, 0.25) is 0 Å². The number of likely N-dealkylation sites (tertiary alicyclic amines) is 1. The van der Waals surface area contributed by atoms with E-state index in [0.29, 0.717) is 13.0 Å².